The van der Waals surface area contributed by atoms with Crippen molar-refractivity contribution in [3.63, 3.8) is 0 Å². The van der Waals surface area contributed by atoms with E-state index in [-0.39, 0.29) is 6.61 Å². The second kappa shape index (κ2) is 32.0. The normalized spacial score (nSPS) is 15.7. The minimum atomic E-state index is 0.244. The zero-order chi connectivity index (χ0) is 16.6. The molecule has 4 heteroatoms. The van der Waals surface area contributed by atoms with Crippen LogP contribution in [0, 0.1) is 0 Å². The Labute approximate surface area is 134 Å². The molecule has 0 bridgehead atoms. The van der Waals surface area contributed by atoms with Gasteiger partial charge in [-0.15, -0.1) is 0 Å². The Morgan fingerprint density at radius 2 is 1.14 bits per heavy atom. The lowest BCUT2D eigenvalue weighted by Gasteiger charge is -2.08. The molecule has 2 aliphatic heterocycles. The molecule has 0 aromatic rings. The molecule has 0 radical (unpaired) electrons. The number of hydrogen-bond acceptors (Lipinski definition) is 4. The summed E-state index contributed by atoms with van der Waals surface area (Å²) in [4.78, 5) is 0. The van der Waals surface area contributed by atoms with Gasteiger partial charge in [0, 0.05) is 6.54 Å². The van der Waals surface area contributed by atoms with Crippen molar-refractivity contribution >= 4 is 0 Å². The van der Waals surface area contributed by atoms with Crippen LogP contribution in [0.15, 0.2) is 0 Å². The van der Waals surface area contributed by atoms with Gasteiger partial charge in [-0.25, -0.2) is 0 Å². The molecule has 21 heavy (non-hydrogen) atoms. The van der Waals surface area contributed by atoms with Crippen LogP contribution in [-0.2, 0) is 0 Å². The summed E-state index contributed by atoms with van der Waals surface area (Å²) >= 11 is 0. The van der Waals surface area contributed by atoms with Crippen molar-refractivity contribution in [2.24, 2.45) is 0 Å². The van der Waals surface area contributed by atoms with Crippen LogP contribution in [0.3, 0.4) is 0 Å². The molecule has 2 heterocycles. The van der Waals surface area contributed by atoms with Crippen LogP contribution >= 0.6 is 0 Å². The minimum Gasteiger partial charge on any atom is -0.395 e. The Morgan fingerprint density at radius 3 is 1.29 bits per heavy atom. The van der Waals surface area contributed by atoms with E-state index < -0.39 is 0 Å². The fourth-order valence-electron chi connectivity index (χ4n) is 1.68. The van der Waals surface area contributed by atoms with Crippen LogP contribution in [0.1, 0.15) is 66.7 Å². The molecule has 0 aliphatic carbocycles. The van der Waals surface area contributed by atoms with Crippen LogP contribution in [0.25, 0.3) is 0 Å². The molecule has 0 amide bonds. The van der Waals surface area contributed by atoms with Gasteiger partial charge in [0.2, 0.25) is 0 Å². The van der Waals surface area contributed by atoms with Gasteiger partial charge in [0.1, 0.15) is 0 Å². The topological polar surface area (TPSA) is 56.3 Å². The Morgan fingerprint density at radius 1 is 0.762 bits per heavy atom. The molecule has 0 aromatic carbocycles. The largest absolute Gasteiger partial charge is 0.395 e. The van der Waals surface area contributed by atoms with E-state index in [2.05, 4.69) is 16.0 Å². The maximum atomic E-state index is 8.13. The summed E-state index contributed by atoms with van der Waals surface area (Å²) in [5.74, 6) is 0. The molecule has 2 fully saturated rings. The molecular formula is C17H43N3O. The number of rotatable bonds is 3. The summed E-state index contributed by atoms with van der Waals surface area (Å²) < 4.78 is 0. The number of aliphatic hydroxyl groups is 1. The highest BCUT2D eigenvalue weighted by molar-refractivity contribution is 4.56. The van der Waals surface area contributed by atoms with E-state index in [1.54, 1.807) is 0 Å². The molecule has 132 valence electrons. The van der Waals surface area contributed by atoms with E-state index in [1.165, 1.54) is 58.3 Å². The maximum absolute atomic E-state index is 8.13. The third-order valence-corrected chi connectivity index (χ3v) is 2.70. The first-order valence-electron chi connectivity index (χ1n) is 9.14. The standard InChI is InChI=1S/C5H11N.C4H11NO.C4H9N.2C2H6/c1-2-4-6-5-3-1;1-2-5-3-4-6;1-2-4-5-3-1;2*1-2/h6H,1-5H2;5-6H,2-4H2,1H3;5H,1-4H2;2*1-2H3. The van der Waals surface area contributed by atoms with Crippen molar-refractivity contribution in [2.75, 3.05) is 45.9 Å². The van der Waals surface area contributed by atoms with Crippen molar-refractivity contribution in [2.45, 2.75) is 66.7 Å². The molecule has 0 spiro atoms. The van der Waals surface area contributed by atoms with Gasteiger partial charge < -0.3 is 21.1 Å². The number of aliphatic hydroxyl groups excluding tert-OH is 1. The van der Waals surface area contributed by atoms with Crippen molar-refractivity contribution in [3.8, 4) is 0 Å². The van der Waals surface area contributed by atoms with Gasteiger partial charge in [0.15, 0.2) is 0 Å². The number of hydrogen-bond donors (Lipinski definition) is 4. The molecule has 2 aliphatic rings. The van der Waals surface area contributed by atoms with Gasteiger partial charge in [0.25, 0.3) is 0 Å². The van der Waals surface area contributed by atoms with E-state index >= 15 is 0 Å². The smallest absolute Gasteiger partial charge is 0.0555 e. The molecule has 0 atom stereocenters. The summed E-state index contributed by atoms with van der Waals surface area (Å²) in [5.41, 5.74) is 0. The Bertz CT molecular complexity index is 104. The van der Waals surface area contributed by atoms with Gasteiger partial charge in [-0.1, -0.05) is 41.0 Å². The Balaban J connectivity index is -0.000000207. The predicted octanol–water partition coefficient (Wildman–Crippen LogP) is 2.77. The Hall–Kier alpha value is -0.160. The highest BCUT2D eigenvalue weighted by Crippen LogP contribution is 1.96. The first kappa shape index (κ1) is 25.8. The van der Waals surface area contributed by atoms with E-state index in [9.17, 15) is 0 Å². The quantitative estimate of drug-likeness (QED) is 0.606. The Kier molecular flexibility index (Phi) is 39.2. The van der Waals surface area contributed by atoms with Crippen LogP contribution in [0.4, 0.5) is 0 Å². The lowest BCUT2D eigenvalue weighted by molar-refractivity contribution is 0.293. The van der Waals surface area contributed by atoms with Crippen molar-refractivity contribution in [1.82, 2.24) is 16.0 Å². The zero-order valence-electron chi connectivity index (χ0n) is 15.4. The fraction of sp³-hybridized carbons (Fsp3) is 1.00. The minimum absolute atomic E-state index is 0.244. The fourth-order valence-corrected chi connectivity index (χ4v) is 1.68. The lowest BCUT2D eigenvalue weighted by atomic mass is 10.2. The van der Waals surface area contributed by atoms with E-state index in [0.29, 0.717) is 0 Å². The van der Waals surface area contributed by atoms with E-state index in [1.807, 2.05) is 34.6 Å². The van der Waals surface area contributed by atoms with Gasteiger partial charge >= 0.3 is 0 Å². The van der Waals surface area contributed by atoms with Gasteiger partial charge in [-0.2, -0.15) is 0 Å². The van der Waals surface area contributed by atoms with Crippen LogP contribution in [0.5, 0.6) is 0 Å². The van der Waals surface area contributed by atoms with Gasteiger partial charge in [-0.3, -0.25) is 0 Å². The van der Waals surface area contributed by atoms with E-state index in [0.717, 1.165) is 13.1 Å². The number of piperidine rings is 1. The van der Waals surface area contributed by atoms with Crippen LogP contribution in [-0.4, -0.2) is 51.0 Å². The average Bonchev–Trinajstić information content (AvgIpc) is 3.19. The van der Waals surface area contributed by atoms with Crippen molar-refractivity contribution in [1.29, 1.82) is 0 Å². The maximum Gasteiger partial charge on any atom is 0.0555 e. The summed E-state index contributed by atoms with van der Waals surface area (Å²) in [7, 11) is 0. The first-order valence-corrected chi connectivity index (χ1v) is 9.14. The van der Waals surface area contributed by atoms with Crippen LogP contribution < -0.4 is 16.0 Å². The molecule has 0 saturated carbocycles. The average molecular weight is 306 g/mol. The third-order valence-electron chi connectivity index (χ3n) is 2.70. The van der Waals surface area contributed by atoms with E-state index in [4.69, 9.17) is 5.11 Å². The van der Waals surface area contributed by atoms with Gasteiger partial charge in [0.05, 0.1) is 6.61 Å². The number of nitrogens with one attached hydrogen (secondary N) is 3. The highest BCUT2D eigenvalue weighted by atomic mass is 16.3. The molecule has 4 N–H and O–H groups in total. The van der Waals surface area contributed by atoms with Crippen LogP contribution in [0.2, 0.25) is 0 Å². The summed E-state index contributed by atoms with van der Waals surface area (Å²) in [6.45, 7) is 16.9. The lowest BCUT2D eigenvalue weighted by Crippen LogP contribution is -2.21. The first-order chi connectivity index (χ1) is 10.4. The molecular weight excluding hydrogens is 262 g/mol. The van der Waals surface area contributed by atoms with Gasteiger partial charge in [-0.05, 0) is 58.4 Å². The molecule has 4 nitrogen and oxygen atoms in total. The molecule has 2 saturated heterocycles. The SMILES string of the molecule is C1CCNC1.C1CCNCC1.CC.CC.CCNCCO. The van der Waals surface area contributed by atoms with Crippen molar-refractivity contribution in [3.05, 3.63) is 0 Å². The highest BCUT2D eigenvalue weighted by Gasteiger charge is 1.94. The zero-order valence-corrected chi connectivity index (χ0v) is 15.4. The monoisotopic (exact) mass is 305 g/mol. The molecule has 2 rings (SSSR count). The summed E-state index contributed by atoms with van der Waals surface area (Å²) in [5, 5.41) is 17.6. The predicted molar refractivity (Wildman–Crippen MR) is 97.1 cm³/mol. The second-order valence-corrected chi connectivity index (χ2v) is 4.34. The molecule has 0 aromatic heterocycles. The summed E-state index contributed by atoms with van der Waals surface area (Å²) in [6.07, 6.45) is 6.99. The summed E-state index contributed by atoms with van der Waals surface area (Å²) in [6, 6.07) is 0. The van der Waals surface area contributed by atoms with Crippen molar-refractivity contribution < 1.29 is 5.11 Å². The second-order valence-electron chi connectivity index (χ2n) is 4.34. The third kappa shape index (κ3) is 33.0. The molecule has 0 unspecified atom stereocenters. The number of likely N-dealkylation sites (N-methyl/N-ethyl adjacent to an activating group) is 1.